The minimum absolute atomic E-state index is 0.167. The molecule has 8 nitrogen and oxygen atoms in total. The highest BCUT2D eigenvalue weighted by molar-refractivity contribution is 5.81. The summed E-state index contributed by atoms with van der Waals surface area (Å²) in [7, 11) is 0. The molecule has 2 aromatic heterocycles. The SMILES string of the molecule is Nc1ncnc2c1ncn2[C@H]1C[C@H](O)[C@@H](COC(c2ccccc2)(c2ccccc2)c2ccccc2)O1. The Hall–Kier alpha value is -4.11. The normalized spacial score (nSPS) is 19.9. The Labute approximate surface area is 214 Å². The van der Waals surface area contributed by atoms with Crippen LogP contribution in [0.1, 0.15) is 29.3 Å². The fourth-order valence-electron chi connectivity index (χ4n) is 5.09. The number of imidazole rings is 1. The number of ether oxygens (including phenoxy) is 2. The van der Waals surface area contributed by atoms with Gasteiger partial charge in [-0.05, 0) is 16.7 Å². The molecular weight excluding hydrogens is 466 g/mol. The van der Waals surface area contributed by atoms with Crippen molar-refractivity contribution in [3.8, 4) is 0 Å². The van der Waals surface area contributed by atoms with Crippen LogP contribution in [0.3, 0.4) is 0 Å². The molecule has 3 heterocycles. The van der Waals surface area contributed by atoms with Crippen molar-refractivity contribution < 1.29 is 14.6 Å². The predicted octanol–water partition coefficient (Wildman–Crippen LogP) is 4.07. The Balaban J connectivity index is 1.34. The van der Waals surface area contributed by atoms with E-state index >= 15 is 0 Å². The van der Waals surface area contributed by atoms with Gasteiger partial charge in [0.2, 0.25) is 0 Å². The van der Waals surface area contributed by atoms with Gasteiger partial charge in [-0.1, -0.05) is 91.0 Å². The van der Waals surface area contributed by atoms with Crippen LogP contribution in [0.2, 0.25) is 0 Å². The van der Waals surface area contributed by atoms with Gasteiger partial charge in [0.15, 0.2) is 11.5 Å². The van der Waals surface area contributed by atoms with Gasteiger partial charge < -0.3 is 20.3 Å². The third kappa shape index (κ3) is 4.15. The van der Waals surface area contributed by atoms with E-state index in [-0.39, 0.29) is 6.61 Å². The summed E-state index contributed by atoms with van der Waals surface area (Å²) in [6, 6.07) is 30.4. The summed E-state index contributed by atoms with van der Waals surface area (Å²) < 4.78 is 15.0. The third-order valence-electron chi connectivity index (χ3n) is 6.91. The molecule has 186 valence electrons. The lowest BCUT2D eigenvalue weighted by Gasteiger charge is -2.37. The molecule has 0 bridgehead atoms. The Morgan fingerprint density at radius 2 is 1.43 bits per heavy atom. The van der Waals surface area contributed by atoms with Crippen LogP contribution in [0.25, 0.3) is 11.2 Å². The van der Waals surface area contributed by atoms with Gasteiger partial charge in [-0.3, -0.25) is 4.57 Å². The Morgan fingerprint density at radius 3 is 2.00 bits per heavy atom. The summed E-state index contributed by atoms with van der Waals surface area (Å²) in [6.45, 7) is 0.167. The van der Waals surface area contributed by atoms with Crippen molar-refractivity contribution in [2.45, 2.75) is 30.5 Å². The van der Waals surface area contributed by atoms with Crippen molar-refractivity contribution in [2.24, 2.45) is 0 Å². The molecule has 0 spiro atoms. The molecule has 0 amide bonds. The van der Waals surface area contributed by atoms with E-state index in [9.17, 15) is 5.11 Å². The van der Waals surface area contributed by atoms with Gasteiger partial charge in [0.05, 0.1) is 19.0 Å². The topological polar surface area (TPSA) is 108 Å². The van der Waals surface area contributed by atoms with Crippen LogP contribution in [0.15, 0.2) is 104 Å². The summed E-state index contributed by atoms with van der Waals surface area (Å²) in [5.41, 5.74) is 9.10. The van der Waals surface area contributed by atoms with E-state index in [0.717, 1.165) is 16.7 Å². The lowest BCUT2D eigenvalue weighted by Crippen LogP contribution is -2.38. The van der Waals surface area contributed by atoms with Crippen molar-refractivity contribution in [2.75, 3.05) is 12.3 Å². The van der Waals surface area contributed by atoms with Crippen molar-refractivity contribution in [1.29, 1.82) is 0 Å². The summed E-state index contributed by atoms with van der Waals surface area (Å²) >= 11 is 0. The second-order valence-corrected chi connectivity index (χ2v) is 9.11. The number of benzene rings is 3. The highest BCUT2D eigenvalue weighted by Crippen LogP contribution is 2.41. The van der Waals surface area contributed by atoms with Crippen LogP contribution in [-0.4, -0.2) is 43.4 Å². The van der Waals surface area contributed by atoms with Gasteiger partial charge in [0.25, 0.3) is 0 Å². The molecule has 6 rings (SSSR count). The predicted molar refractivity (Wildman–Crippen MR) is 139 cm³/mol. The molecule has 0 unspecified atom stereocenters. The van der Waals surface area contributed by atoms with Crippen molar-refractivity contribution >= 4 is 17.0 Å². The van der Waals surface area contributed by atoms with Crippen LogP contribution in [-0.2, 0) is 15.1 Å². The summed E-state index contributed by atoms with van der Waals surface area (Å²) in [6.07, 6.45) is 1.65. The number of aromatic nitrogens is 4. The second kappa shape index (κ2) is 9.74. The first-order chi connectivity index (χ1) is 18.2. The zero-order valence-corrected chi connectivity index (χ0v) is 20.1. The van der Waals surface area contributed by atoms with E-state index in [1.54, 1.807) is 10.9 Å². The fraction of sp³-hybridized carbons (Fsp3) is 0.207. The maximum absolute atomic E-state index is 11.0. The van der Waals surface area contributed by atoms with Crippen LogP contribution >= 0.6 is 0 Å². The first kappa shape index (κ1) is 23.3. The molecule has 3 atom stereocenters. The Kier molecular flexibility index (Phi) is 6.13. The van der Waals surface area contributed by atoms with Gasteiger partial charge in [-0.2, -0.15) is 0 Å². The first-order valence-electron chi connectivity index (χ1n) is 12.2. The number of aliphatic hydroxyl groups excluding tert-OH is 1. The average molecular weight is 494 g/mol. The highest BCUT2D eigenvalue weighted by atomic mass is 16.6. The molecule has 3 N–H and O–H groups in total. The van der Waals surface area contributed by atoms with E-state index in [4.69, 9.17) is 15.2 Å². The first-order valence-corrected chi connectivity index (χ1v) is 12.2. The minimum atomic E-state index is -0.895. The average Bonchev–Trinajstić information content (AvgIpc) is 3.55. The van der Waals surface area contributed by atoms with Crippen molar-refractivity contribution in [3.05, 3.63) is 120 Å². The van der Waals surface area contributed by atoms with E-state index in [0.29, 0.717) is 23.4 Å². The summed E-state index contributed by atoms with van der Waals surface area (Å²) in [5.74, 6) is 0.306. The molecule has 8 heteroatoms. The molecular formula is C29H27N5O3. The highest BCUT2D eigenvalue weighted by Gasteiger charge is 2.42. The van der Waals surface area contributed by atoms with Crippen LogP contribution in [0.4, 0.5) is 5.82 Å². The minimum Gasteiger partial charge on any atom is -0.390 e. The van der Waals surface area contributed by atoms with E-state index < -0.39 is 24.0 Å². The molecule has 3 aromatic carbocycles. The number of nitrogens with two attached hydrogens (primary N) is 1. The summed E-state index contributed by atoms with van der Waals surface area (Å²) in [4.78, 5) is 12.7. The number of aliphatic hydroxyl groups is 1. The quantitative estimate of drug-likeness (QED) is 0.329. The van der Waals surface area contributed by atoms with Crippen LogP contribution in [0.5, 0.6) is 0 Å². The monoisotopic (exact) mass is 493 g/mol. The standard InChI is InChI=1S/C29H27N5O3/c30-27-26-28(32-18-31-27)34(19-33-26)25-16-23(35)24(37-25)17-36-29(20-10-4-1-5-11-20,21-12-6-2-7-13-21)22-14-8-3-9-15-22/h1-15,18-19,23-25,35H,16-17H2,(H2,30,31,32)/t23-,24+,25+/m0/s1. The lowest BCUT2D eigenvalue weighted by atomic mass is 9.80. The maximum atomic E-state index is 11.0. The Bertz CT molecular complexity index is 1380. The second-order valence-electron chi connectivity index (χ2n) is 9.11. The van der Waals surface area contributed by atoms with E-state index in [1.807, 2.05) is 54.6 Å². The van der Waals surface area contributed by atoms with E-state index in [1.165, 1.54) is 6.33 Å². The number of rotatable bonds is 7. The van der Waals surface area contributed by atoms with Gasteiger partial charge in [-0.25, -0.2) is 15.0 Å². The largest absolute Gasteiger partial charge is 0.390 e. The number of nitrogen functional groups attached to an aromatic ring is 1. The number of fused-ring (bicyclic) bond motifs is 1. The van der Waals surface area contributed by atoms with Gasteiger partial charge in [0.1, 0.15) is 29.8 Å². The molecule has 37 heavy (non-hydrogen) atoms. The van der Waals surface area contributed by atoms with Crippen LogP contribution in [0, 0.1) is 0 Å². The number of hydrogen-bond donors (Lipinski definition) is 2. The molecule has 1 aliphatic heterocycles. The molecule has 0 aliphatic carbocycles. The zero-order chi connectivity index (χ0) is 25.2. The smallest absolute Gasteiger partial charge is 0.167 e. The number of hydrogen-bond acceptors (Lipinski definition) is 7. The van der Waals surface area contributed by atoms with E-state index in [2.05, 4.69) is 51.4 Å². The zero-order valence-electron chi connectivity index (χ0n) is 20.1. The van der Waals surface area contributed by atoms with Gasteiger partial charge in [0, 0.05) is 6.42 Å². The van der Waals surface area contributed by atoms with Gasteiger partial charge in [-0.15, -0.1) is 0 Å². The molecule has 1 aliphatic rings. The van der Waals surface area contributed by atoms with Gasteiger partial charge >= 0.3 is 0 Å². The fourth-order valence-corrected chi connectivity index (χ4v) is 5.09. The molecule has 1 fully saturated rings. The van der Waals surface area contributed by atoms with Crippen molar-refractivity contribution in [1.82, 2.24) is 19.5 Å². The number of anilines is 1. The molecule has 0 saturated carbocycles. The van der Waals surface area contributed by atoms with Crippen LogP contribution < -0.4 is 5.73 Å². The summed E-state index contributed by atoms with van der Waals surface area (Å²) in [5, 5.41) is 11.0. The lowest BCUT2D eigenvalue weighted by molar-refractivity contribution is -0.0930. The maximum Gasteiger partial charge on any atom is 0.167 e. The molecule has 5 aromatic rings. The molecule has 1 saturated heterocycles. The number of nitrogens with zero attached hydrogens (tertiary/aromatic N) is 4. The third-order valence-corrected chi connectivity index (χ3v) is 6.91. The Morgan fingerprint density at radius 1 is 0.865 bits per heavy atom. The molecule has 0 radical (unpaired) electrons. The van der Waals surface area contributed by atoms with Crippen molar-refractivity contribution in [3.63, 3.8) is 0 Å².